The summed E-state index contributed by atoms with van der Waals surface area (Å²) < 4.78 is 11.2. The Bertz CT molecular complexity index is 1550. The van der Waals surface area contributed by atoms with E-state index in [0.29, 0.717) is 10.5 Å². The van der Waals surface area contributed by atoms with Crippen LogP contribution in [0.5, 0.6) is 5.75 Å². The molecule has 0 saturated heterocycles. The number of para-hydroxylation sites is 2. The summed E-state index contributed by atoms with van der Waals surface area (Å²) in [6.45, 7) is 0. The second-order valence-corrected chi connectivity index (χ2v) is 7.98. The van der Waals surface area contributed by atoms with E-state index in [0.717, 1.165) is 11.3 Å². The number of rotatable bonds is 3. The molecule has 3 heterocycles. The first-order valence-electron chi connectivity index (χ1n) is 10.4. The third-order valence-electron chi connectivity index (χ3n) is 5.56. The number of benzene rings is 3. The maximum atomic E-state index is 12.7. The lowest BCUT2D eigenvalue weighted by atomic mass is 10.1. The van der Waals surface area contributed by atoms with Gasteiger partial charge in [-0.2, -0.15) is 5.01 Å². The number of thiocarbonyl (C=S) groups is 1. The SMILES string of the molecule is O=c1oc2ccccc2c(O)c1C1=NN2C(=S)N(c3ccccc3)C(c3ccccc3)N=C2O1. The molecule has 0 bridgehead atoms. The van der Waals surface area contributed by atoms with E-state index < -0.39 is 11.8 Å². The van der Waals surface area contributed by atoms with Gasteiger partial charge in [0.25, 0.3) is 5.90 Å². The van der Waals surface area contributed by atoms with Crippen molar-refractivity contribution < 1.29 is 14.3 Å². The lowest BCUT2D eigenvalue weighted by Gasteiger charge is -2.36. The van der Waals surface area contributed by atoms with E-state index in [1.165, 1.54) is 5.01 Å². The Kier molecular flexibility index (Phi) is 4.63. The van der Waals surface area contributed by atoms with Gasteiger partial charge >= 0.3 is 11.6 Å². The fourth-order valence-corrected chi connectivity index (χ4v) is 4.29. The predicted molar refractivity (Wildman–Crippen MR) is 132 cm³/mol. The number of ether oxygens (including phenoxy) is 1. The molecule has 0 spiro atoms. The number of hydrazone groups is 1. The maximum Gasteiger partial charge on any atom is 0.353 e. The molecular weight excluding hydrogens is 452 g/mol. The van der Waals surface area contributed by atoms with Crippen LogP contribution in [0.2, 0.25) is 0 Å². The molecule has 2 aliphatic rings. The molecule has 0 saturated carbocycles. The number of fused-ring (bicyclic) bond motifs is 2. The van der Waals surface area contributed by atoms with E-state index in [4.69, 9.17) is 26.4 Å². The number of aromatic hydroxyl groups is 1. The van der Waals surface area contributed by atoms with E-state index in [9.17, 15) is 9.90 Å². The first-order valence-corrected chi connectivity index (χ1v) is 10.9. The molecule has 4 aromatic rings. The first kappa shape index (κ1) is 20.1. The second kappa shape index (κ2) is 7.82. The van der Waals surface area contributed by atoms with E-state index in [-0.39, 0.29) is 28.8 Å². The van der Waals surface area contributed by atoms with Gasteiger partial charge in [0.2, 0.25) is 5.11 Å². The summed E-state index contributed by atoms with van der Waals surface area (Å²) in [6, 6.07) is 26.0. The van der Waals surface area contributed by atoms with E-state index in [2.05, 4.69) is 5.10 Å². The minimum atomic E-state index is -0.777. The van der Waals surface area contributed by atoms with Crippen LogP contribution in [0.4, 0.5) is 5.69 Å². The Hall–Kier alpha value is -4.50. The minimum absolute atomic E-state index is 0.105. The van der Waals surface area contributed by atoms with Gasteiger partial charge < -0.3 is 14.3 Å². The summed E-state index contributed by atoms with van der Waals surface area (Å²) in [5.74, 6) is -0.420. The molecule has 9 heteroatoms. The first-order chi connectivity index (χ1) is 16.6. The Morgan fingerprint density at radius 3 is 2.35 bits per heavy atom. The number of nitrogens with zero attached hydrogens (tertiary/aromatic N) is 4. The van der Waals surface area contributed by atoms with Gasteiger partial charge in [0.05, 0.1) is 5.39 Å². The van der Waals surface area contributed by atoms with Crippen LogP contribution in [0.15, 0.2) is 104 Å². The minimum Gasteiger partial charge on any atom is -0.506 e. The average molecular weight is 468 g/mol. The van der Waals surface area contributed by atoms with Crippen molar-refractivity contribution in [3.8, 4) is 5.75 Å². The van der Waals surface area contributed by atoms with Crippen LogP contribution in [0, 0.1) is 0 Å². The molecule has 1 atom stereocenters. The highest BCUT2D eigenvalue weighted by molar-refractivity contribution is 7.80. The van der Waals surface area contributed by atoms with Gasteiger partial charge in [-0.05, 0) is 42.0 Å². The molecule has 1 N–H and O–H groups in total. The van der Waals surface area contributed by atoms with E-state index in [1.54, 1.807) is 24.3 Å². The number of amidine groups is 1. The van der Waals surface area contributed by atoms with Crippen LogP contribution in [0.3, 0.4) is 0 Å². The highest BCUT2D eigenvalue weighted by Gasteiger charge is 2.41. The summed E-state index contributed by atoms with van der Waals surface area (Å²) in [7, 11) is 0. The van der Waals surface area contributed by atoms with Crippen LogP contribution in [-0.4, -0.2) is 27.1 Å². The zero-order valence-corrected chi connectivity index (χ0v) is 18.3. The molecule has 8 nitrogen and oxygen atoms in total. The molecule has 34 heavy (non-hydrogen) atoms. The lowest BCUT2D eigenvalue weighted by Crippen LogP contribution is -2.48. The molecule has 0 fully saturated rings. The van der Waals surface area contributed by atoms with Crippen LogP contribution >= 0.6 is 12.2 Å². The maximum absolute atomic E-state index is 12.7. The highest BCUT2D eigenvalue weighted by Crippen LogP contribution is 2.36. The summed E-state index contributed by atoms with van der Waals surface area (Å²) in [4.78, 5) is 19.3. The third-order valence-corrected chi connectivity index (χ3v) is 5.93. The number of hydrogen-bond acceptors (Lipinski definition) is 7. The van der Waals surface area contributed by atoms with Crippen molar-refractivity contribution in [2.24, 2.45) is 10.1 Å². The zero-order valence-electron chi connectivity index (χ0n) is 17.5. The Morgan fingerprint density at radius 2 is 1.59 bits per heavy atom. The molecule has 1 aromatic heterocycles. The third kappa shape index (κ3) is 3.13. The average Bonchev–Trinajstić information content (AvgIpc) is 3.29. The van der Waals surface area contributed by atoms with Gasteiger partial charge in [-0.3, -0.25) is 4.90 Å². The highest BCUT2D eigenvalue weighted by atomic mass is 32.1. The van der Waals surface area contributed by atoms with Gasteiger partial charge in [-0.1, -0.05) is 60.7 Å². The van der Waals surface area contributed by atoms with Crippen molar-refractivity contribution in [3.63, 3.8) is 0 Å². The number of hydrogen-bond donors (Lipinski definition) is 1. The zero-order chi connectivity index (χ0) is 23.2. The molecule has 2 aliphatic heterocycles. The molecule has 0 aliphatic carbocycles. The quantitative estimate of drug-likeness (QED) is 0.353. The molecule has 6 rings (SSSR count). The van der Waals surface area contributed by atoms with Gasteiger partial charge in [0.1, 0.15) is 11.3 Å². The molecule has 3 aromatic carbocycles. The smallest absolute Gasteiger partial charge is 0.353 e. The summed E-state index contributed by atoms with van der Waals surface area (Å²) >= 11 is 5.79. The van der Waals surface area contributed by atoms with Gasteiger partial charge in [0, 0.05) is 5.69 Å². The second-order valence-electron chi connectivity index (χ2n) is 7.61. The normalized spacial score (nSPS) is 17.3. The largest absolute Gasteiger partial charge is 0.506 e. The lowest BCUT2D eigenvalue weighted by molar-refractivity contribution is 0.453. The standard InChI is InChI=1S/C25H16N4O4S/c30-20-17-13-7-8-14-18(17)32-23(31)19(20)22-27-29-24(33-22)26-21(15-9-3-1-4-10-15)28(25(29)34)16-11-5-2-6-12-16/h1-14,21,30H. The van der Waals surface area contributed by atoms with Gasteiger partial charge in [-0.25, -0.2) is 9.79 Å². The Morgan fingerprint density at radius 1 is 0.912 bits per heavy atom. The Labute approximate surface area is 198 Å². The topological polar surface area (TPSA) is 90.9 Å². The van der Waals surface area contributed by atoms with Crippen LogP contribution in [0.1, 0.15) is 17.3 Å². The number of aliphatic imine (C=N–C) groups is 1. The molecule has 0 amide bonds. The van der Waals surface area contributed by atoms with Crippen molar-refractivity contribution >= 4 is 45.9 Å². The van der Waals surface area contributed by atoms with Gasteiger partial charge in [-0.15, -0.1) is 5.10 Å². The van der Waals surface area contributed by atoms with E-state index >= 15 is 0 Å². The van der Waals surface area contributed by atoms with E-state index in [1.807, 2.05) is 65.6 Å². The van der Waals surface area contributed by atoms with Crippen LogP contribution in [-0.2, 0) is 4.74 Å². The summed E-state index contributed by atoms with van der Waals surface area (Å²) in [6.07, 6.45) is -0.515. The van der Waals surface area contributed by atoms with Crippen molar-refractivity contribution in [1.29, 1.82) is 0 Å². The monoisotopic (exact) mass is 468 g/mol. The molecule has 166 valence electrons. The Balaban J connectivity index is 1.48. The van der Waals surface area contributed by atoms with Crippen molar-refractivity contribution in [2.45, 2.75) is 6.17 Å². The van der Waals surface area contributed by atoms with Crippen LogP contribution < -0.4 is 10.5 Å². The summed E-state index contributed by atoms with van der Waals surface area (Å²) in [5, 5.41) is 17.2. The fourth-order valence-electron chi connectivity index (χ4n) is 3.97. The molecular formula is C25H16N4O4S. The molecule has 1 unspecified atom stereocenters. The predicted octanol–water partition coefficient (Wildman–Crippen LogP) is 4.35. The van der Waals surface area contributed by atoms with Crippen molar-refractivity contribution in [2.75, 3.05) is 4.90 Å². The van der Waals surface area contributed by atoms with Gasteiger partial charge in [0.15, 0.2) is 11.7 Å². The number of anilines is 1. The van der Waals surface area contributed by atoms with Crippen LogP contribution in [0.25, 0.3) is 11.0 Å². The van der Waals surface area contributed by atoms with Crippen molar-refractivity contribution in [3.05, 3.63) is 106 Å². The fraction of sp³-hybridized carbons (Fsp3) is 0.0400. The molecule has 0 radical (unpaired) electrons. The van der Waals surface area contributed by atoms with Crippen molar-refractivity contribution in [1.82, 2.24) is 5.01 Å². The summed E-state index contributed by atoms with van der Waals surface area (Å²) in [5.41, 5.74) is 1.01.